The fraction of sp³-hybridized carbons (Fsp3) is 0.562. The average molecular weight is 277 g/mol. The molecular formula is C16H23NO3. The first kappa shape index (κ1) is 15.0. The summed E-state index contributed by atoms with van der Waals surface area (Å²) in [5.74, 6) is -0.463. The van der Waals surface area contributed by atoms with Gasteiger partial charge in [0.05, 0.1) is 5.92 Å². The Morgan fingerprint density at radius 1 is 1.35 bits per heavy atom. The molecule has 2 rings (SSSR count). The number of carboxylic acids is 1. The zero-order chi connectivity index (χ0) is 14.2. The summed E-state index contributed by atoms with van der Waals surface area (Å²) >= 11 is 0. The van der Waals surface area contributed by atoms with Crippen LogP contribution in [0.1, 0.15) is 30.7 Å². The molecule has 0 spiro atoms. The summed E-state index contributed by atoms with van der Waals surface area (Å²) < 4.78 is 5.54. The fourth-order valence-corrected chi connectivity index (χ4v) is 2.11. The van der Waals surface area contributed by atoms with Crippen molar-refractivity contribution in [3.8, 4) is 0 Å². The zero-order valence-corrected chi connectivity index (χ0v) is 11.8. The van der Waals surface area contributed by atoms with E-state index >= 15 is 0 Å². The van der Waals surface area contributed by atoms with Crippen molar-refractivity contribution in [2.75, 3.05) is 26.3 Å². The molecule has 1 atom stereocenters. The van der Waals surface area contributed by atoms with Gasteiger partial charge in [0.2, 0.25) is 0 Å². The van der Waals surface area contributed by atoms with Crippen LogP contribution in [0.2, 0.25) is 0 Å². The molecular weight excluding hydrogens is 254 g/mol. The number of aliphatic carboxylic acids is 1. The topological polar surface area (TPSA) is 58.6 Å². The molecule has 0 bridgehead atoms. The van der Waals surface area contributed by atoms with E-state index in [1.54, 1.807) is 0 Å². The molecule has 1 aliphatic carbocycles. The van der Waals surface area contributed by atoms with Gasteiger partial charge >= 0.3 is 5.97 Å². The zero-order valence-electron chi connectivity index (χ0n) is 11.8. The Bertz CT molecular complexity index is 403. The first-order valence-corrected chi connectivity index (χ1v) is 7.33. The number of nitrogens with one attached hydrogen (secondary N) is 1. The maximum Gasteiger partial charge on any atom is 0.312 e. The molecule has 1 fully saturated rings. The molecule has 20 heavy (non-hydrogen) atoms. The Labute approximate surface area is 120 Å². The van der Waals surface area contributed by atoms with Crippen LogP contribution in [0.3, 0.4) is 0 Å². The molecule has 110 valence electrons. The molecule has 1 aromatic carbocycles. The minimum atomic E-state index is -0.784. The second-order valence-electron chi connectivity index (χ2n) is 5.38. The van der Waals surface area contributed by atoms with Gasteiger partial charge in [0, 0.05) is 19.8 Å². The van der Waals surface area contributed by atoms with Crippen molar-refractivity contribution in [2.45, 2.75) is 25.2 Å². The van der Waals surface area contributed by atoms with Gasteiger partial charge < -0.3 is 15.2 Å². The van der Waals surface area contributed by atoms with Gasteiger partial charge in [-0.2, -0.15) is 0 Å². The summed E-state index contributed by atoms with van der Waals surface area (Å²) in [6.45, 7) is 2.90. The van der Waals surface area contributed by atoms with Gasteiger partial charge in [-0.15, -0.1) is 0 Å². The van der Waals surface area contributed by atoms with Crippen LogP contribution in [0.5, 0.6) is 0 Å². The van der Waals surface area contributed by atoms with Gasteiger partial charge in [-0.25, -0.2) is 0 Å². The lowest BCUT2D eigenvalue weighted by Gasteiger charge is -2.13. The SMILES string of the molecule is O=C(O)C(CNCCCOCC1CC1)c1ccccc1. The second kappa shape index (κ2) is 8.02. The van der Waals surface area contributed by atoms with Crippen LogP contribution in [-0.4, -0.2) is 37.4 Å². The number of benzene rings is 1. The lowest BCUT2D eigenvalue weighted by molar-refractivity contribution is -0.138. The lowest BCUT2D eigenvalue weighted by Crippen LogP contribution is -2.28. The maximum absolute atomic E-state index is 11.3. The van der Waals surface area contributed by atoms with Crippen LogP contribution in [0, 0.1) is 5.92 Å². The van der Waals surface area contributed by atoms with Crippen LogP contribution in [0.15, 0.2) is 30.3 Å². The van der Waals surface area contributed by atoms with Crippen LogP contribution in [0.25, 0.3) is 0 Å². The highest BCUT2D eigenvalue weighted by Crippen LogP contribution is 2.28. The molecule has 0 saturated heterocycles. The Morgan fingerprint density at radius 3 is 2.75 bits per heavy atom. The normalized spacial score (nSPS) is 16.0. The van der Waals surface area contributed by atoms with Gasteiger partial charge in [-0.05, 0) is 37.3 Å². The standard InChI is InChI=1S/C16H23NO3/c18-16(19)15(14-5-2-1-3-6-14)11-17-9-4-10-20-12-13-7-8-13/h1-3,5-6,13,15,17H,4,7-12H2,(H,18,19). The molecule has 0 heterocycles. The first-order chi connectivity index (χ1) is 9.77. The highest BCUT2D eigenvalue weighted by atomic mass is 16.5. The van der Waals surface area contributed by atoms with Crippen molar-refractivity contribution in [2.24, 2.45) is 5.92 Å². The van der Waals surface area contributed by atoms with Gasteiger partial charge in [0.1, 0.15) is 0 Å². The molecule has 0 aromatic heterocycles. The van der Waals surface area contributed by atoms with Crippen molar-refractivity contribution in [3.63, 3.8) is 0 Å². The highest BCUT2D eigenvalue weighted by molar-refractivity contribution is 5.76. The Hall–Kier alpha value is -1.39. The fourth-order valence-electron chi connectivity index (χ4n) is 2.11. The van der Waals surface area contributed by atoms with E-state index in [0.29, 0.717) is 6.54 Å². The predicted octanol–water partition coefficient (Wildman–Crippen LogP) is 2.26. The minimum Gasteiger partial charge on any atom is -0.481 e. The first-order valence-electron chi connectivity index (χ1n) is 7.33. The number of carboxylic acid groups (broad SMARTS) is 1. The van der Waals surface area contributed by atoms with Crippen LogP contribution >= 0.6 is 0 Å². The summed E-state index contributed by atoms with van der Waals surface area (Å²) in [5.41, 5.74) is 0.845. The third-order valence-electron chi connectivity index (χ3n) is 3.54. The number of ether oxygens (including phenoxy) is 1. The van der Waals surface area contributed by atoms with E-state index in [9.17, 15) is 9.90 Å². The predicted molar refractivity (Wildman–Crippen MR) is 77.8 cm³/mol. The van der Waals surface area contributed by atoms with Crippen molar-refractivity contribution >= 4 is 5.97 Å². The van der Waals surface area contributed by atoms with E-state index in [1.807, 2.05) is 30.3 Å². The summed E-state index contributed by atoms with van der Waals surface area (Å²) in [5, 5.41) is 12.5. The van der Waals surface area contributed by atoms with Crippen LogP contribution in [-0.2, 0) is 9.53 Å². The van der Waals surface area contributed by atoms with E-state index < -0.39 is 11.9 Å². The van der Waals surface area contributed by atoms with E-state index in [2.05, 4.69) is 5.32 Å². The van der Waals surface area contributed by atoms with Gasteiger partial charge in [-0.1, -0.05) is 30.3 Å². The molecule has 0 aliphatic heterocycles. The van der Waals surface area contributed by atoms with E-state index in [1.165, 1.54) is 12.8 Å². The second-order valence-corrected chi connectivity index (χ2v) is 5.38. The van der Waals surface area contributed by atoms with Gasteiger partial charge in [-0.3, -0.25) is 4.79 Å². The highest BCUT2D eigenvalue weighted by Gasteiger charge is 2.21. The van der Waals surface area contributed by atoms with Crippen molar-refractivity contribution < 1.29 is 14.6 Å². The number of rotatable bonds is 10. The molecule has 0 radical (unpaired) electrons. The molecule has 0 amide bonds. The number of hydrogen-bond acceptors (Lipinski definition) is 3. The van der Waals surface area contributed by atoms with Crippen molar-refractivity contribution in [1.29, 1.82) is 0 Å². The van der Waals surface area contributed by atoms with E-state index in [4.69, 9.17) is 4.74 Å². The minimum absolute atomic E-state index is 0.460. The summed E-state index contributed by atoms with van der Waals surface area (Å²) in [4.78, 5) is 11.3. The summed E-state index contributed by atoms with van der Waals surface area (Å²) in [6.07, 6.45) is 3.55. The number of hydrogen-bond donors (Lipinski definition) is 2. The smallest absolute Gasteiger partial charge is 0.312 e. The molecule has 2 N–H and O–H groups in total. The number of carbonyl (C=O) groups is 1. The molecule has 1 aliphatic rings. The van der Waals surface area contributed by atoms with Crippen molar-refractivity contribution in [3.05, 3.63) is 35.9 Å². The van der Waals surface area contributed by atoms with Crippen LogP contribution in [0.4, 0.5) is 0 Å². The summed E-state index contributed by atoms with van der Waals surface area (Å²) in [7, 11) is 0. The van der Waals surface area contributed by atoms with Crippen LogP contribution < -0.4 is 5.32 Å². The quantitative estimate of drug-likeness (QED) is 0.644. The van der Waals surface area contributed by atoms with Gasteiger partial charge in [0.15, 0.2) is 0 Å². The van der Waals surface area contributed by atoms with E-state index in [0.717, 1.165) is 37.7 Å². The Balaban J connectivity index is 1.61. The molecule has 4 heteroatoms. The molecule has 1 saturated carbocycles. The molecule has 1 unspecified atom stereocenters. The third-order valence-corrected chi connectivity index (χ3v) is 3.54. The largest absolute Gasteiger partial charge is 0.481 e. The van der Waals surface area contributed by atoms with Crippen molar-refractivity contribution in [1.82, 2.24) is 5.32 Å². The Morgan fingerprint density at radius 2 is 2.10 bits per heavy atom. The average Bonchev–Trinajstić information content (AvgIpc) is 3.26. The molecule has 1 aromatic rings. The van der Waals surface area contributed by atoms with Gasteiger partial charge in [0.25, 0.3) is 0 Å². The summed E-state index contributed by atoms with van der Waals surface area (Å²) in [6, 6.07) is 9.36. The lowest BCUT2D eigenvalue weighted by atomic mass is 9.99. The third kappa shape index (κ3) is 5.31. The Kier molecular flexibility index (Phi) is 6.02. The monoisotopic (exact) mass is 277 g/mol. The van der Waals surface area contributed by atoms with E-state index in [-0.39, 0.29) is 0 Å². The molecule has 4 nitrogen and oxygen atoms in total. The maximum atomic E-state index is 11.3.